The van der Waals surface area contributed by atoms with Crippen molar-refractivity contribution in [2.24, 2.45) is 5.41 Å². The first-order valence-corrected chi connectivity index (χ1v) is 10.5. The monoisotopic (exact) mass is 410 g/mol. The van der Waals surface area contributed by atoms with E-state index in [9.17, 15) is 9.90 Å². The number of carbonyl (C=O) groups is 1. The number of piperidine rings is 1. The Balaban J connectivity index is 1.47. The van der Waals surface area contributed by atoms with E-state index in [1.807, 2.05) is 35.2 Å². The Morgan fingerprint density at radius 3 is 2.63 bits per heavy atom. The van der Waals surface area contributed by atoms with E-state index in [2.05, 4.69) is 4.90 Å². The van der Waals surface area contributed by atoms with Crippen LogP contribution in [0, 0.1) is 5.41 Å². The first-order chi connectivity index (χ1) is 14.5. The minimum absolute atomic E-state index is 0.247. The number of aromatic hydroxyl groups is 1. The number of ether oxygens (including phenoxy) is 2. The van der Waals surface area contributed by atoms with Crippen molar-refractivity contribution in [2.45, 2.75) is 32.4 Å². The smallest absolute Gasteiger partial charge is 0.230 e. The molecule has 6 heteroatoms. The fourth-order valence-electron chi connectivity index (χ4n) is 4.97. The Morgan fingerprint density at radius 2 is 1.87 bits per heavy atom. The topological polar surface area (TPSA) is 62.2 Å². The summed E-state index contributed by atoms with van der Waals surface area (Å²) in [4.78, 5) is 17.9. The van der Waals surface area contributed by atoms with E-state index < -0.39 is 0 Å². The zero-order valence-corrected chi connectivity index (χ0v) is 17.8. The molecule has 0 unspecified atom stereocenters. The molecule has 2 saturated heterocycles. The molecule has 1 atom stereocenters. The molecule has 1 N–H and O–H groups in total. The fraction of sp³-hybridized carbons (Fsp3) is 0.458. The summed E-state index contributed by atoms with van der Waals surface area (Å²) in [5, 5.41) is 9.73. The molecular formula is C24H30N2O4. The van der Waals surface area contributed by atoms with Gasteiger partial charge in [-0.25, -0.2) is 0 Å². The Morgan fingerprint density at radius 1 is 1.03 bits per heavy atom. The fourth-order valence-corrected chi connectivity index (χ4v) is 4.97. The Kier molecular flexibility index (Phi) is 5.86. The first-order valence-electron chi connectivity index (χ1n) is 10.5. The van der Waals surface area contributed by atoms with Gasteiger partial charge >= 0.3 is 0 Å². The van der Waals surface area contributed by atoms with Gasteiger partial charge in [-0.1, -0.05) is 24.3 Å². The summed E-state index contributed by atoms with van der Waals surface area (Å²) in [5.41, 5.74) is 1.74. The van der Waals surface area contributed by atoms with Gasteiger partial charge in [0.1, 0.15) is 5.75 Å². The number of methoxy groups -OCH3 is 2. The minimum atomic E-state index is -0.304. The zero-order chi connectivity index (χ0) is 21.1. The summed E-state index contributed by atoms with van der Waals surface area (Å²) < 4.78 is 11.0. The summed E-state index contributed by atoms with van der Waals surface area (Å²) in [5.74, 6) is 1.92. The van der Waals surface area contributed by atoms with Crippen molar-refractivity contribution in [3.63, 3.8) is 0 Å². The molecular weight excluding hydrogens is 380 g/mol. The summed E-state index contributed by atoms with van der Waals surface area (Å²) in [6.45, 7) is 3.74. The van der Waals surface area contributed by atoms with E-state index in [4.69, 9.17) is 9.47 Å². The molecule has 160 valence electrons. The van der Waals surface area contributed by atoms with Gasteiger partial charge in [-0.3, -0.25) is 9.69 Å². The number of phenols is 1. The van der Waals surface area contributed by atoms with Crippen molar-refractivity contribution in [3.05, 3.63) is 53.6 Å². The lowest BCUT2D eigenvalue weighted by Gasteiger charge is -2.39. The molecule has 1 amide bonds. The molecule has 0 aromatic heterocycles. The molecule has 2 heterocycles. The van der Waals surface area contributed by atoms with E-state index in [-0.39, 0.29) is 17.1 Å². The third kappa shape index (κ3) is 3.97. The average Bonchev–Trinajstić information content (AvgIpc) is 3.14. The van der Waals surface area contributed by atoms with Gasteiger partial charge in [0, 0.05) is 31.7 Å². The van der Waals surface area contributed by atoms with E-state index in [0.717, 1.165) is 56.6 Å². The quantitative estimate of drug-likeness (QED) is 0.791. The van der Waals surface area contributed by atoms with Crippen LogP contribution in [0.3, 0.4) is 0 Å². The van der Waals surface area contributed by atoms with Crippen LogP contribution in [0.25, 0.3) is 0 Å². The molecule has 6 nitrogen and oxygen atoms in total. The van der Waals surface area contributed by atoms with Gasteiger partial charge in [0.15, 0.2) is 11.5 Å². The van der Waals surface area contributed by atoms with Crippen molar-refractivity contribution in [3.8, 4) is 17.2 Å². The number of hydrogen-bond donors (Lipinski definition) is 1. The van der Waals surface area contributed by atoms with Crippen LogP contribution < -0.4 is 9.47 Å². The lowest BCUT2D eigenvalue weighted by Crippen LogP contribution is -2.49. The average molecular weight is 411 g/mol. The number of phenolic OH excluding ortho intramolecular Hbond substituents is 1. The summed E-state index contributed by atoms with van der Waals surface area (Å²) in [7, 11) is 3.26. The number of carbonyl (C=O) groups excluding carboxylic acids is 1. The number of rotatable bonds is 6. The molecule has 0 radical (unpaired) electrons. The second kappa shape index (κ2) is 8.56. The Labute approximate surface area is 178 Å². The third-order valence-corrected chi connectivity index (χ3v) is 6.42. The second-order valence-electron chi connectivity index (χ2n) is 8.39. The van der Waals surface area contributed by atoms with Gasteiger partial charge < -0.3 is 19.5 Å². The van der Waals surface area contributed by atoms with Crippen LogP contribution in [-0.4, -0.2) is 54.7 Å². The van der Waals surface area contributed by atoms with Crippen LogP contribution in [-0.2, 0) is 17.9 Å². The summed E-state index contributed by atoms with van der Waals surface area (Å²) in [6, 6.07) is 13.2. The number of likely N-dealkylation sites (tertiary alicyclic amines) is 2. The molecule has 2 aromatic carbocycles. The number of para-hydroxylation sites is 1. The van der Waals surface area contributed by atoms with Crippen molar-refractivity contribution in [1.82, 2.24) is 9.80 Å². The molecule has 2 aliphatic heterocycles. The van der Waals surface area contributed by atoms with Gasteiger partial charge in [-0.15, -0.1) is 0 Å². The molecule has 0 saturated carbocycles. The molecule has 0 bridgehead atoms. The normalized spacial score (nSPS) is 21.9. The lowest BCUT2D eigenvalue weighted by molar-refractivity contribution is -0.146. The van der Waals surface area contributed by atoms with Gasteiger partial charge in [0.05, 0.1) is 19.6 Å². The SMILES string of the molecule is COc1cccc(CN2CCC[C@@]3(CCN(Cc4cccc(O)c4)C3)C2=O)c1OC. The highest BCUT2D eigenvalue weighted by atomic mass is 16.5. The van der Waals surface area contributed by atoms with E-state index in [1.54, 1.807) is 26.4 Å². The van der Waals surface area contributed by atoms with Gasteiger partial charge in [0.25, 0.3) is 0 Å². The van der Waals surface area contributed by atoms with Crippen LogP contribution in [0.4, 0.5) is 0 Å². The molecule has 1 spiro atoms. The maximum atomic E-state index is 13.5. The first kappa shape index (κ1) is 20.5. The van der Waals surface area contributed by atoms with Crippen molar-refractivity contribution < 1.29 is 19.4 Å². The highest BCUT2D eigenvalue weighted by Crippen LogP contribution is 2.42. The van der Waals surface area contributed by atoms with Crippen molar-refractivity contribution in [1.29, 1.82) is 0 Å². The minimum Gasteiger partial charge on any atom is -0.508 e. The summed E-state index contributed by atoms with van der Waals surface area (Å²) in [6.07, 6.45) is 2.84. The number of hydrogen-bond acceptors (Lipinski definition) is 5. The largest absolute Gasteiger partial charge is 0.508 e. The Hall–Kier alpha value is -2.73. The summed E-state index contributed by atoms with van der Waals surface area (Å²) >= 11 is 0. The second-order valence-corrected chi connectivity index (χ2v) is 8.39. The van der Waals surface area contributed by atoms with Crippen LogP contribution in [0.5, 0.6) is 17.2 Å². The molecule has 4 rings (SSSR count). The van der Waals surface area contributed by atoms with E-state index >= 15 is 0 Å². The van der Waals surface area contributed by atoms with Crippen molar-refractivity contribution in [2.75, 3.05) is 33.9 Å². The molecule has 2 fully saturated rings. The number of benzene rings is 2. The lowest BCUT2D eigenvalue weighted by atomic mass is 9.78. The molecule has 2 aliphatic rings. The van der Waals surface area contributed by atoms with Crippen LogP contribution in [0.2, 0.25) is 0 Å². The molecule has 30 heavy (non-hydrogen) atoms. The number of amides is 1. The predicted molar refractivity (Wildman–Crippen MR) is 115 cm³/mol. The predicted octanol–water partition coefficient (Wildman–Crippen LogP) is 3.42. The third-order valence-electron chi connectivity index (χ3n) is 6.42. The highest BCUT2D eigenvalue weighted by Gasteiger charge is 2.48. The van der Waals surface area contributed by atoms with Crippen molar-refractivity contribution >= 4 is 5.91 Å². The van der Waals surface area contributed by atoms with Gasteiger partial charge in [-0.2, -0.15) is 0 Å². The standard InChI is InChI=1S/C24H30N2O4/c1-29-21-9-4-7-19(22(21)30-2)16-26-12-5-10-24(23(26)28)11-13-25(17-24)15-18-6-3-8-20(27)14-18/h3-4,6-9,14,27H,5,10-13,15-17H2,1-2H3/t24-/m0/s1. The maximum Gasteiger partial charge on any atom is 0.230 e. The van der Waals surface area contributed by atoms with Gasteiger partial charge in [0.2, 0.25) is 5.91 Å². The van der Waals surface area contributed by atoms with Crippen LogP contribution in [0.1, 0.15) is 30.4 Å². The zero-order valence-electron chi connectivity index (χ0n) is 17.8. The Bertz CT molecular complexity index is 916. The van der Waals surface area contributed by atoms with E-state index in [0.29, 0.717) is 18.0 Å². The highest BCUT2D eigenvalue weighted by molar-refractivity contribution is 5.84. The molecule has 0 aliphatic carbocycles. The molecule has 2 aromatic rings. The number of nitrogens with zero attached hydrogens (tertiary/aromatic N) is 2. The van der Waals surface area contributed by atoms with E-state index in [1.165, 1.54) is 0 Å². The maximum absolute atomic E-state index is 13.5. The van der Waals surface area contributed by atoms with Crippen LogP contribution in [0.15, 0.2) is 42.5 Å². The van der Waals surface area contributed by atoms with Gasteiger partial charge in [-0.05, 0) is 49.6 Å². The van der Waals surface area contributed by atoms with Crippen LogP contribution >= 0.6 is 0 Å².